The lowest BCUT2D eigenvalue weighted by molar-refractivity contribution is -0.161. The largest absolute Gasteiger partial charge is 0.472 e. The molecule has 4 N–H and O–H groups in total. The molecular formula is C45H78NO9P. The molecule has 0 aliphatic heterocycles. The number of allylic oxidation sites excluding steroid dienone is 10. The molecule has 3 atom stereocenters. The number of ether oxygens (including phenoxy) is 2. The summed E-state index contributed by atoms with van der Waals surface area (Å²) in [6.45, 7) is 3.39. The predicted octanol–water partition coefficient (Wildman–Crippen LogP) is 11.2. The summed E-state index contributed by atoms with van der Waals surface area (Å²) in [5, 5.41) is 9.76. The Balaban J connectivity index is 4.30. The summed E-state index contributed by atoms with van der Waals surface area (Å²) in [7, 11) is -4.40. The molecule has 10 nitrogen and oxygen atoms in total. The SMILES string of the molecule is CC/C=C\C(O)C/C=C/C=C\C/C=C\C/C=C\CCCC(=O)OC[C@H](COP(=O)(O)OCCN)OC(=O)CCCCCCCCC/C=C\CCCCCCCC. The fourth-order valence-electron chi connectivity index (χ4n) is 5.45. The van der Waals surface area contributed by atoms with Crippen molar-refractivity contribution in [3.8, 4) is 0 Å². The van der Waals surface area contributed by atoms with E-state index in [0.29, 0.717) is 25.7 Å². The highest BCUT2D eigenvalue weighted by Crippen LogP contribution is 2.43. The molecular weight excluding hydrogens is 729 g/mol. The van der Waals surface area contributed by atoms with Gasteiger partial charge in [0, 0.05) is 19.4 Å². The molecule has 0 aliphatic rings. The first-order valence-corrected chi connectivity index (χ1v) is 23.0. The molecule has 0 radical (unpaired) electrons. The standard InChI is InChI=1S/C45H78NO9P/c1-3-5-7-8-9-10-11-12-13-14-15-16-21-24-27-30-33-37-45(49)55-43(41-54-56(50,51)53-39-38-46)40-52-44(48)36-32-29-26-23-20-18-17-19-22-25-28-31-35-42(47)34-6-4-2/h6,12-13,17-18,22-23,25-26,28,31,34,42-43,47H,3-5,7-11,14-16,19-21,24,27,29-30,32-33,35-41,46H2,1-2H3,(H,50,51)/b13-12-,18-17-,25-22-,26-23-,31-28+,34-6-/t42?,43-/m1/s1. The number of rotatable bonds is 39. The van der Waals surface area contributed by atoms with Crippen LogP contribution >= 0.6 is 7.82 Å². The van der Waals surface area contributed by atoms with E-state index >= 15 is 0 Å². The number of carbonyl (C=O) groups is 2. The number of hydrogen-bond acceptors (Lipinski definition) is 9. The monoisotopic (exact) mass is 808 g/mol. The van der Waals surface area contributed by atoms with Gasteiger partial charge in [-0.2, -0.15) is 0 Å². The lowest BCUT2D eigenvalue weighted by Crippen LogP contribution is -2.29. The second kappa shape index (κ2) is 40.6. The average molecular weight is 808 g/mol. The van der Waals surface area contributed by atoms with Gasteiger partial charge in [-0.25, -0.2) is 4.57 Å². The Morgan fingerprint density at radius 2 is 1.20 bits per heavy atom. The number of aliphatic hydroxyl groups is 1. The second-order valence-electron chi connectivity index (χ2n) is 14.0. The van der Waals surface area contributed by atoms with Crippen LogP contribution in [0, 0.1) is 0 Å². The maximum atomic E-state index is 12.6. The molecule has 0 fully saturated rings. The Hall–Kier alpha value is -2.59. The van der Waals surface area contributed by atoms with Crippen molar-refractivity contribution in [1.29, 1.82) is 0 Å². The molecule has 0 aliphatic carbocycles. The number of unbranched alkanes of at least 4 members (excludes halogenated alkanes) is 14. The van der Waals surface area contributed by atoms with Gasteiger partial charge >= 0.3 is 19.8 Å². The van der Waals surface area contributed by atoms with E-state index in [4.69, 9.17) is 24.3 Å². The van der Waals surface area contributed by atoms with Crippen LogP contribution in [0.3, 0.4) is 0 Å². The minimum Gasteiger partial charge on any atom is -0.462 e. The third kappa shape index (κ3) is 39.6. The van der Waals surface area contributed by atoms with Gasteiger partial charge in [0.15, 0.2) is 6.10 Å². The second-order valence-corrected chi connectivity index (χ2v) is 15.5. The quantitative estimate of drug-likeness (QED) is 0.0180. The summed E-state index contributed by atoms with van der Waals surface area (Å²) >= 11 is 0. The Kier molecular flexibility index (Phi) is 38.7. The van der Waals surface area contributed by atoms with E-state index in [-0.39, 0.29) is 32.6 Å². The molecule has 0 spiro atoms. The van der Waals surface area contributed by atoms with Gasteiger partial charge in [0.1, 0.15) is 6.61 Å². The van der Waals surface area contributed by atoms with Gasteiger partial charge in [0.05, 0.1) is 19.3 Å². The first-order valence-electron chi connectivity index (χ1n) is 21.5. The lowest BCUT2D eigenvalue weighted by Gasteiger charge is -2.19. The summed E-state index contributed by atoms with van der Waals surface area (Å²) in [5.74, 6) is -0.931. The van der Waals surface area contributed by atoms with Crippen molar-refractivity contribution in [2.45, 2.75) is 174 Å². The first kappa shape index (κ1) is 53.4. The summed E-state index contributed by atoms with van der Waals surface area (Å²) in [5.41, 5.74) is 5.34. The fraction of sp³-hybridized carbons (Fsp3) is 0.689. The first-order chi connectivity index (χ1) is 27.2. The molecule has 0 aromatic heterocycles. The number of aliphatic hydroxyl groups excluding tert-OH is 1. The zero-order chi connectivity index (χ0) is 41.2. The van der Waals surface area contributed by atoms with Crippen LogP contribution in [0.5, 0.6) is 0 Å². The smallest absolute Gasteiger partial charge is 0.462 e. The fourth-order valence-corrected chi connectivity index (χ4v) is 6.21. The van der Waals surface area contributed by atoms with E-state index in [1.165, 1.54) is 64.2 Å². The number of carbonyl (C=O) groups excluding carboxylic acids is 2. The zero-order valence-electron chi connectivity index (χ0n) is 35.0. The summed E-state index contributed by atoms with van der Waals surface area (Å²) in [4.78, 5) is 34.8. The van der Waals surface area contributed by atoms with E-state index < -0.39 is 38.6 Å². The van der Waals surface area contributed by atoms with Gasteiger partial charge < -0.3 is 25.2 Å². The number of phosphoric ester groups is 1. The number of esters is 2. The van der Waals surface area contributed by atoms with Crippen LogP contribution in [0.1, 0.15) is 162 Å². The highest BCUT2D eigenvalue weighted by molar-refractivity contribution is 7.47. The number of phosphoric acid groups is 1. The summed E-state index contributed by atoms with van der Waals surface area (Å²) < 4.78 is 32.7. The van der Waals surface area contributed by atoms with Gasteiger partial charge in [0.25, 0.3) is 0 Å². The van der Waals surface area contributed by atoms with E-state index in [9.17, 15) is 24.2 Å². The van der Waals surface area contributed by atoms with E-state index in [1.54, 1.807) is 0 Å². The van der Waals surface area contributed by atoms with E-state index in [0.717, 1.165) is 44.9 Å². The Bertz CT molecular complexity index is 1160. The van der Waals surface area contributed by atoms with Gasteiger partial charge in [0.2, 0.25) is 0 Å². The molecule has 2 unspecified atom stereocenters. The predicted molar refractivity (Wildman–Crippen MR) is 230 cm³/mol. The van der Waals surface area contributed by atoms with Gasteiger partial charge in [-0.05, 0) is 70.6 Å². The van der Waals surface area contributed by atoms with Crippen molar-refractivity contribution < 1.29 is 42.7 Å². The maximum Gasteiger partial charge on any atom is 0.472 e. The molecule has 322 valence electrons. The van der Waals surface area contributed by atoms with E-state index in [2.05, 4.69) is 31.2 Å². The summed E-state index contributed by atoms with van der Waals surface area (Å²) in [6, 6.07) is 0. The molecule has 0 rings (SSSR count). The lowest BCUT2D eigenvalue weighted by atomic mass is 10.1. The molecule has 0 saturated carbocycles. The van der Waals surface area contributed by atoms with Crippen molar-refractivity contribution in [2.75, 3.05) is 26.4 Å². The van der Waals surface area contributed by atoms with Crippen LogP contribution in [-0.4, -0.2) is 60.5 Å². The minimum absolute atomic E-state index is 0.0354. The number of hydrogen-bond donors (Lipinski definition) is 3. The van der Waals surface area contributed by atoms with Crippen LogP contribution in [0.25, 0.3) is 0 Å². The summed E-state index contributed by atoms with van der Waals surface area (Å²) in [6.07, 6.45) is 45.6. The number of nitrogens with two attached hydrogens (primary N) is 1. The Labute approximate surface area is 340 Å². The molecule has 56 heavy (non-hydrogen) atoms. The molecule has 0 amide bonds. The topological polar surface area (TPSA) is 155 Å². The van der Waals surface area contributed by atoms with Gasteiger partial charge in [-0.1, -0.05) is 151 Å². The minimum atomic E-state index is -4.40. The van der Waals surface area contributed by atoms with Crippen molar-refractivity contribution in [2.24, 2.45) is 5.73 Å². The van der Waals surface area contributed by atoms with Crippen molar-refractivity contribution in [3.63, 3.8) is 0 Å². The molecule has 0 heterocycles. The van der Waals surface area contributed by atoms with Crippen molar-refractivity contribution >= 4 is 19.8 Å². The maximum absolute atomic E-state index is 12.6. The Morgan fingerprint density at radius 3 is 1.86 bits per heavy atom. The normalized spacial score (nSPS) is 14.6. The molecule has 11 heteroatoms. The van der Waals surface area contributed by atoms with Gasteiger partial charge in [-0.3, -0.25) is 18.6 Å². The highest BCUT2D eigenvalue weighted by atomic mass is 31.2. The van der Waals surface area contributed by atoms with Crippen LogP contribution in [0.4, 0.5) is 0 Å². The zero-order valence-corrected chi connectivity index (χ0v) is 35.8. The molecule has 0 saturated heterocycles. The van der Waals surface area contributed by atoms with Crippen LogP contribution in [-0.2, 0) is 32.7 Å². The molecule has 0 aromatic rings. The van der Waals surface area contributed by atoms with Crippen LogP contribution in [0.15, 0.2) is 72.9 Å². The highest BCUT2D eigenvalue weighted by Gasteiger charge is 2.26. The van der Waals surface area contributed by atoms with E-state index in [1.807, 2.05) is 55.5 Å². The van der Waals surface area contributed by atoms with Crippen molar-refractivity contribution in [1.82, 2.24) is 0 Å². The third-order valence-electron chi connectivity index (χ3n) is 8.65. The molecule has 0 aromatic carbocycles. The third-order valence-corrected chi connectivity index (χ3v) is 9.64. The van der Waals surface area contributed by atoms with Gasteiger partial charge in [-0.15, -0.1) is 0 Å². The van der Waals surface area contributed by atoms with Crippen LogP contribution in [0.2, 0.25) is 0 Å². The van der Waals surface area contributed by atoms with Crippen molar-refractivity contribution in [3.05, 3.63) is 72.9 Å². The molecule has 0 bridgehead atoms. The average Bonchev–Trinajstić information content (AvgIpc) is 3.18. The Morgan fingerprint density at radius 1 is 0.643 bits per heavy atom. The van der Waals surface area contributed by atoms with Crippen LogP contribution < -0.4 is 5.73 Å².